The number of amides is 1. The number of ether oxygens (including phenoxy) is 1. The van der Waals surface area contributed by atoms with Crippen LogP contribution >= 0.6 is 34.2 Å². The third-order valence-electron chi connectivity index (χ3n) is 3.44. The molecule has 128 valence electrons. The van der Waals surface area contributed by atoms with E-state index in [9.17, 15) is 4.79 Å². The van der Waals surface area contributed by atoms with E-state index < -0.39 is 5.60 Å². The molecule has 1 aromatic rings. The van der Waals surface area contributed by atoms with Gasteiger partial charge < -0.3 is 15.0 Å². The predicted molar refractivity (Wildman–Crippen MR) is 98.8 cm³/mol. The second-order valence-electron chi connectivity index (χ2n) is 6.65. The van der Waals surface area contributed by atoms with Crippen molar-refractivity contribution in [2.24, 2.45) is 5.92 Å². The molecule has 1 N–H and O–H groups in total. The number of anilines is 1. The second-order valence-corrected chi connectivity index (χ2v) is 8.15. The number of nitrogens with one attached hydrogen (secondary N) is 1. The minimum absolute atomic E-state index is 0.229. The lowest BCUT2D eigenvalue weighted by atomic mass is 9.98. The van der Waals surface area contributed by atoms with Crippen LogP contribution in [0.25, 0.3) is 0 Å². The van der Waals surface area contributed by atoms with Gasteiger partial charge in [-0.2, -0.15) is 4.98 Å². The van der Waals surface area contributed by atoms with E-state index in [1.807, 2.05) is 20.8 Å². The fraction of sp³-hybridized carbons (Fsp3) is 0.667. The van der Waals surface area contributed by atoms with Gasteiger partial charge in [0.05, 0.1) is 3.57 Å². The number of nitrogens with zero attached hydrogens (tertiary/aromatic N) is 3. The molecule has 1 aliphatic rings. The minimum Gasteiger partial charge on any atom is -0.444 e. The normalized spacial score (nSPS) is 18.7. The van der Waals surface area contributed by atoms with Crippen molar-refractivity contribution in [3.63, 3.8) is 0 Å². The van der Waals surface area contributed by atoms with Crippen LogP contribution in [0.3, 0.4) is 0 Å². The minimum atomic E-state index is -0.462. The summed E-state index contributed by atoms with van der Waals surface area (Å²) in [4.78, 5) is 22.1. The summed E-state index contributed by atoms with van der Waals surface area (Å²) < 4.78 is 6.37. The van der Waals surface area contributed by atoms with Crippen molar-refractivity contribution >= 4 is 46.1 Å². The zero-order valence-corrected chi connectivity index (χ0v) is 16.5. The second kappa shape index (κ2) is 7.83. The number of hydrogen-bond donors (Lipinski definition) is 1. The molecule has 0 bridgehead atoms. The zero-order chi connectivity index (χ0) is 17.0. The number of carbonyl (C=O) groups excluding carboxylic acids is 1. The summed E-state index contributed by atoms with van der Waals surface area (Å²) in [5.74, 6) is 1.10. The van der Waals surface area contributed by atoms with Gasteiger partial charge in [0.25, 0.3) is 0 Å². The number of carbonyl (C=O) groups is 1. The molecule has 0 aromatic carbocycles. The van der Waals surface area contributed by atoms with Crippen LogP contribution < -0.4 is 5.32 Å². The number of likely N-dealkylation sites (tertiary alicyclic amines) is 1. The summed E-state index contributed by atoms with van der Waals surface area (Å²) in [5.41, 5.74) is -0.462. The average molecular weight is 453 g/mol. The van der Waals surface area contributed by atoms with Crippen molar-refractivity contribution in [1.29, 1.82) is 0 Å². The lowest BCUT2D eigenvalue weighted by Crippen LogP contribution is -2.44. The van der Waals surface area contributed by atoms with Gasteiger partial charge in [0.2, 0.25) is 5.28 Å². The highest BCUT2D eigenvalue weighted by molar-refractivity contribution is 14.1. The first-order chi connectivity index (χ1) is 10.7. The van der Waals surface area contributed by atoms with Crippen LogP contribution in [0, 0.1) is 9.49 Å². The molecule has 1 saturated heterocycles. The largest absolute Gasteiger partial charge is 0.444 e. The Morgan fingerprint density at radius 3 is 3.00 bits per heavy atom. The Bertz CT molecular complexity index is 565. The Morgan fingerprint density at radius 2 is 2.30 bits per heavy atom. The van der Waals surface area contributed by atoms with Gasteiger partial charge in [-0.25, -0.2) is 9.78 Å². The third kappa shape index (κ3) is 5.95. The van der Waals surface area contributed by atoms with Crippen LogP contribution in [0.5, 0.6) is 0 Å². The molecular weight excluding hydrogens is 431 g/mol. The van der Waals surface area contributed by atoms with Gasteiger partial charge in [0.1, 0.15) is 11.4 Å². The Hall–Kier alpha value is -0.830. The molecule has 0 aliphatic carbocycles. The summed E-state index contributed by atoms with van der Waals surface area (Å²) in [6.45, 7) is 7.83. The van der Waals surface area contributed by atoms with Crippen molar-refractivity contribution < 1.29 is 9.53 Å². The van der Waals surface area contributed by atoms with E-state index >= 15 is 0 Å². The van der Waals surface area contributed by atoms with E-state index in [0.29, 0.717) is 12.5 Å². The highest BCUT2D eigenvalue weighted by Crippen LogP contribution is 2.21. The summed E-state index contributed by atoms with van der Waals surface area (Å²) in [6.07, 6.45) is 3.50. The van der Waals surface area contributed by atoms with Crippen LogP contribution in [0.1, 0.15) is 33.6 Å². The van der Waals surface area contributed by atoms with Gasteiger partial charge in [0, 0.05) is 25.8 Å². The van der Waals surface area contributed by atoms with Crippen molar-refractivity contribution in [3.05, 3.63) is 15.1 Å². The number of halogens is 2. The maximum absolute atomic E-state index is 12.2. The third-order valence-corrected chi connectivity index (χ3v) is 4.42. The van der Waals surface area contributed by atoms with Crippen LogP contribution in [0.4, 0.5) is 10.6 Å². The summed E-state index contributed by atoms with van der Waals surface area (Å²) >= 11 is 8.00. The zero-order valence-electron chi connectivity index (χ0n) is 13.6. The van der Waals surface area contributed by atoms with Crippen molar-refractivity contribution in [1.82, 2.24) is 14.9 Å². The summed E-state index contributed by atoms with van der Waals surface area (Å²) in [5, 5.41) is 3.54. The molecule has 2 rings (SSSR count). The lowest BCUT2D eigenvalue weighted by molar-refractivity contribution is 0.0172. The molecule has 1 fully saturated rings. The van der Waals surface area contributed by atoms with Gasteiger partial charge in [0.15, 0.2) is 0 Å². The molecule has 1 aliphatic heterocycles. The van der Waals surface area contributed by atoms with E-state index in [2.05, 4.69) is 37.9 Å². The maximum atomic E-state index is 12.2. The summed E-state index contributed by atoms with van der Waals surface area (Å²) in [6, 6.07) is 0. The number of hydrogen-bond acceptors (Lipinski definition) is 5. The van der Waals surface area contributed by atoms with Gasteiger partial charge in [-0.05, 0) is 73.7 Å². The summed E-state index contributed by atoms with van der Waals surface area (Å²) in [7, 11) is 0. The smallest absolute Gasteiger partial charge is 0.410 e. The van der Waals surface area contributed by atoms with Crippen LogP contribution in [-0.4, -0.2) is 46.2 Å². The van der Waals surface area contributed by atoms with Crippen LogP contribution in [0.2, 0.25) is 5.28 Å². The first-order valence-electron chi connectivity index (χ1n) is 7.64. The van der Waals surface area contributed by atoms with E-state index in [1.165, 1.54) is 0 Å². The first-order valence-corrected chi connectivity index (χ1v) is 9.10. The lowest BCUT2D eigenvalue weighted by Gasteiger charge is -2.34. The van der Waals surface area contributed by atoms with Crippen LogP contribution in [-0.2, 0) is 4.74 Å². The maximum Gasteiger partial charge on any atom is 0.410 e. The van der Waals surface area contributed by atoms with Crippen molar-refractivity contribution in [2.75, 3.05) is 25.0 Å². The van der Waals surface area contributed by atoms with E-state index in [0.717, 1.165) is 35.3 Å². The van der Waals surface area contributed by atoms with Crippen molar-refractivity contribution in [2.45, 2.75) is 39.2 Å². The van der Waals surface area contributed by atoms with Crippen molar-refractivity contribution in [3.8, 4) is 0 Å². The highest BCUT2D eigenvalue weighted by atomic mass is 127. The Balaban J connectivity index is 1.89. The molecule has 2 heterocycles. The Kier molecular flexibility index (Phi) is 6.30. The molecular formula is C15H22ClIN4O2. The standard InChI is InChI=1S/C15H22ClIN4O2/c1-15(2,3)23-14(22)21-6-4-5-10(9-21)7-18-12-11(17)8-19-13(16)20-12/h8,10H,4-7,9H2,1-3H3,(H,18,19,20). The molecule has 23 heavy (non-hydrogen) atoms. The Morgan fingerprint density at radius 1 is 1.57 bits per heavy atom. The first kappa shape index (κ1) is 18.5. The molecule has 1 atom stereocenters. The van der Waals surface area contributed by atoms with Crippen LogP contribution in [0.15, 0.2) is 6.20 Å². The monoisotopic (exact) mass is 452 g/mol. The molecule has 0 radical (unpaired) electrons. The average Bonchev–Trinajstić information content (AvgIpc) is 2.47. The van der Waals surface area contributed by atoms with E-state index in [4.69, 9.17) is 16.3 Å². The molecule has 8 heteroatoms. The fourth-order valence-corrected chi connectivity index (χ4v) is 3.02. The van der Waals surface area contributed by atoms with E-state index in [1.54, 1.807) is 11.1 Å². The van der Waals surface area contributed by atoms with Gasteiger partial charge in [-0.15, -0.1) is 0 Å². The number of piperidine rings is 1. The predicted octanol–water partition coefficient (Wildman–Crippen LogP) is 3.79. The molecule has 1 amide bonds. The SMILES string of the molecule is CC(C)(C)OC(=O)N1CCCC(CNc2nc(Cl)ncc2I)C1. The van der Waals surface area contributed by atoms with Gasteiger partial charge in [-0.3, -0.25) is 0 Å². The van der Waals surface area contributed by atoms with Gasteiger partial charge >= 0.3 is 6.09 Å². The van der Waals surface area contributed by atoms with Gasteiger partial charge in [-0.1, -0.05) is 0 Å². The highest BCUT2D eigenvalue weighted by Gasteiger charge is 2.27. The van der Waals surface area contributed by atoms with E-state index in [-0.39, 0.29) is 11.4 Å². The topological polar surface area (TPSA) is 67.3 Å². The molecule has 1 unspecified atom stereocenters. The Labute approximate surface area is 155 Å². The number of aromatic nitrogens is 2. The fourth-order valence-electron chi connectivity index (χ4n) is 2.43. The molecule has 0 spiro atoms. The number of rotatable bonds is 3. The molecule has 0 saturated carbocycles. The quantitative estimate of drug-likeness (QED) is 0.558. The molecule has 6 nitrogen and oxygen atoms in total. The molecule has 1 aromatic heterocycles.